The van der Waals surface area contributed by atoms with Gasteiger partial charge in [-0.1, -0.05) is 35.9 Å². The van der Waals surface area contributed by atoms with E-state index in [0.717, 1.165) is 23.2 Å². The Labute approximate surface area is 102 Å². The first-order chi connectivity index (χ1) is 8.20. The van der Waals surface area contributed by atoms with Gasteiger partial charge in [-0.05, 0) is 43.1 Å². The Hall–Kier alpha value is -1.80. The third kappa shape index (κ3) is 2.66. The maximum Gasteiger partial charge on any atom is 0.0393 e. The Balaban J connectivity index is 2.36. The molecule has 0 radical (unpaired) electrons. The monoisotopic (exact) mass is 226 g/mol. The fourth-order valence-corrected chi connectivity index (χ4v) is 1.94. The molecule has 2 rings (SSSR count). The third-order valence-electron chi connectivity index (χ3n) is 2.91. The molecule has 0 heterocycles. The van der Waals surface area contributed by atoms with Crippen LogP contribution in [0.15, 0.2) is 42.5 Å². The van der Waals surface area contributed by atoms with Crippen LogP contribution in [0.3, 0.4) is 0 Å². The van der Waals surface area contributed by atoms with E-state index in [1.807, 2.05) is 12.1 Å². The molecule has 0 unspecified atom stereocenters. The lowest BCUT2D eigenvalue weighted by molar-refractivity contribution is 0.969. The normalized spacial score (nSPS) is 10.5. The number of benzene rings is 2. The number of nitrogens with two attached hydrogens (primary N) is 2. The number of hydrogen-bond acceptors (Lipinski definition) is 2. The molecule has 0 fully saturated rings. The Morgan fingerprint density at radius 2 is 1.71 bits per heavy atom. The minimum atomic E-state index is 0.686. The number of aryl methyl sites for hydroxylation is 1. The maximum absolute atomic E-state index is 6.00. The number of hydrogen-bond donors (Lipinski definition) is 2. The summed E-state index contributed by atoms with van der Waals surface area (Å²) >= 11 is 0. The fourth-order valence-electron chi connectivity index (χ4n) is 1.94. The third-order valence-corrected chi connectivity index (χ3v) is 2.91. The summed E-state index contributed by atoms with van der Waals surface area (Å²) in [6, 6.07) is 14.5. The molecule has 88 valence electrons. The summed E-state index contributed by atoms with van der Waals surface area (Å²) in [5.41, 5.74) is 17.1. The summed E-state index contributed by atoms with van der Waals surface area (Å²) in [6.45, 7) is 2.76. The SMILES string of the molecule is Cc1ccc(N)c(-c2ccc(CCN)cc2)c1. The highest BCUT2D eigenvalue weighted by Gasteiger charge is 2.02. The minimum Gasteiger partial charge on any atom is -0.398 e. The van der Waals surface area contributed by atoms with Gasteiger partial charge in [0.05, 0.1) is 0 Å². The van der Waals surface area contributed by atoms with Gasteiger partial charge < -0.3 is 11.5 Å². The van der Waals surface area contributed by atoms with Crippen LogP contribution >= 0.6 is 0 Å². The highest BCUT2D eigenvalue weighted by molar-refractivity contribution is 5.76. The summed E-state index contributed by atoms with van der Waals surface area (Å²) < 4.78 is 0. The van der Waals surface area contributed by atoms with Gasteiger partial charge in [-0.25, -0.2) is 0 Å². The van der Waals surface area contributed by atoms with Crippen molar-refractivity contribution in [2.24, 2.45) is 5.73 Å². The van der Waals surface area contributed by atoms with E-state index in [1.165, 1.54) is 11.1 Å². The largest absolute Gasteiger partial charge is 0.398 e. The average molecular weight is 226 g/mol. The van der Waals surface area contributed by atoms with E-state index in [4.69, 9.17) is 11.5 Å². The molecule has 0 aliphatic rings. The molecule has 0 saturated carbocycles. The maximum atomic E-state index is 6.00. The highest BCUT2D eigenvalue weighted by Crippen LogP contribution is 2.27. The van der Waals surface area contributed by atoms with Gasteiger partial charge in [0.25, 0.3) is 0 Å². The fraction of sp³-hybridized carbons (Fsp3) is 0.200. The molecule has 0 atom stereocenters. The van der Waals surface area contributed by atoms with Crippen LogP contribution in [0.4, 0.5) is 5.69 Å². The van der Waals surface area contributed by atoms with Crippen molar-refractivity contribution >= 4 is 5.69 Å². The first kappa shape index (κ1) is 11.7. The number of rotatable bonds is 3. The van der Waals surface area contributed by atoms with Crippen molar-refractivity contribution in [1.82, 2.24) is 0 Å². The van der Waals surface area contributed by atoms with Gasteiger partial charge in [-0.15, -0.1) is 0 Å². The molecule has 4 N–H and O–H groups in total. The van der Waals surface area contributed by atoms with E-state index < -0.39 is 0 Å². The molecular formula is C15H18N2. The Morgan fingerprint density at radius 3 is 2.35 bits per heavy atom. The van der Waals surface area contributed by atoms with Crippen LogP contribution in [0.1, 0.15) is 11.1 Å². The van der Waals surface area contributed by atoms with Gasteiger partial charge in [-0.3, -0.25) is 0 Å². The van der Waals surface area contributed by atoms with Crippen LogP contribution in [0, 0.1) is 6.92 Å². The van der Waals surface area contributed by atoms with Crippen molar-refractivity contribution in [3.63, 3.8) is 0 Å². The molecule has 2 aromatic rings. The Bertz CT molecular complexity index is 501. The number of nitrogen functional groups attached to an aromatic ring is 1. The smallest absolute Gasteiger partial charge is 0.0393 e. The quantitative estimate of drug-likeness (QED) is 0.791. The van der Waals surface area contributed by atoms with E-state index in [0.29, 0.717) is 6.54 Å². The first-order valence-electron chi connectivity index (χ1n) is 5.86. The second kappa shape index (κ2) is 5.02. The van der Waals surface area contributed by atoms with E-state index in [2.05, 4.69) is 37.3 Å². The molecule has 0 spiro atoms. The van der Waals surface area contributed by atoms with Crippen LogP contribution in [0.2, 0.25) is 0 Å². The van der Waals surface area contributed by atoms with Crippen molar-refractivity contribution in [3.05, 3.63) is 53.6 Å². The van der Waals surface area contributed by atoms with Crippen molar-refractivity contribution in [1.29, 1.82) is 0 Å². The Kier molecular flexibility index (Phi) is 3.45. The minimum absolute atomic E-state index is 0.686. The predicted octanol–water partition coefficient (Wildman–Crippen LogP) is 2.75. The topological polar surface area (TPSA) is 52.0 Å². The molecule has 0 aliphatic carbocycles. The summed E-state index contributed by atoms with van der Waals surface area (Å²) in [7, 11) is 0. The molecule has 17 heavy (non-hydrogen) atoms. The molecule has 0 bridgehead atoms. The van der Waals surface area contributed by atoms with E-state index in [-0.39, 0.29) is 0 Å². The second-order valence-electron chi connectivity index (χ2n) is 4.33. The van der Waals surface area contributed by atoms with Gasteiger partial charge in [0, 0.05) is 11.3 Å². The highest BCUT2D eigenvalue weighted by atomic mass is 14.6. The summed E-state index contributed by atoms with van der Waals surface area (Å²) in [5, 5.41) is 0. The van der Waals surface area contributed by atoms with E-state index in [9.17, 15) is 0 Å². The van der Waals surface area contributed by atoms with Gasteiger partial charge >= 0.3 is 0 Å². The van der Waals surface area contributed by atoms with Crippen LogP contribution in [0.25, 0.3) is 11.1 Å². The van der Waals surface area contributed by atoms with Gasteiger partial charge in [0.15, 0.2) is 0 Å². The lowest BCUT2D eigenvalue weighted by Crippen LogP contribution is -2.02. The van der Waals surface area contributed by atoms with Gasteiger partial charge in [-0.2, -0.15) is 0 Å². The lowest BCUT2D eigenvalue weighted by Gasteiger charge is -2.08. The van der Waals surface area contributed by atoms with Gasteiger partial charge in [0.2, 0.25) is 0 Å². The molecule has 2 nitrogen and oxygen atoms in total. The van der Waals surface area contributed by atoms with Crippen LogP contribution in [0.5, 0.6) is 0 Å². The standard InChI is InChI=1S/C15H18N2/c1-11-2-7-15(17)14(10-11)13-5-3-12(4-6-13)8-9-16/h2-7,10H,8-9,16-17H2,1H3. The molecule has 0 saturated heterocycles. The van der Waals surface area contributed by atoms with E-state index >= 15 is 0 Å². The average Bonchev–Trinajstić information content (AvgIpc) is 2.34. The van der Waals surface area contributed by atoms with Crippen molar-refractivity contribution in [2.45, 2.75) is 13.3 Å². The molecule has 2 heteroatoms. The molecular weight excluding hydrogens is 208 g/mol. The summed E-state index contributed by atoms with van der Waals surface area (Å²) in [4.78, 5) is 0. The van der Waals surface area contributed by atoms with Crippen LogP contribution in [-0.4, -0.2) is 6.54 Å². The zero-order valence-corrected chi connectivity index (χ0v) is 10.1. The van der Waals surface area contributed by atoms with Crippen molar-refractivity contribution in [2.75, 3.05) is 12.3 Å². The van der Waals surface area contributed by atoms with Crippen LogP contribution in [-0.2, 0) is 6.42 Å². The van der Waals surface area contributed by atoms with Crippen LogP contribution < -0.4 is 11.5 Å². The van der Waals surface area contributed by atoms with Crippen molar-refractivity contribution < 1.29 is 0 Å². The Morgan fingerprint density at radius 1 is 1.00 bits per heavy atom. The zero-order chi connectivity index (χ0) is 12.3. The molecule has 0 amide bonds. The lowest BCUT2D eigenvalue weighted by atomic mass is 10.00. The zero-order valence-electron chi connectivity index (χ0n) is 10.1. The second-order valence-corrected chi connectivity index (χ2v) is 4.33. The summed E-state index contributed by atoms with van der Waals surface area (Å²) in [5.74, 6) is 0. The summed E-state index contributed by atoms with van der Waals surface area (Å²) in [6.07, 6.45) is 0.920. The van der Waals surface area contributed by atoms with E-state index in [1.54, 1.807) is 0 Å². The molecule has 0 aliphatic heterocycles. The number of anilines is 1. The van der Waals surface area contributed by atoms with Crippen molar-refractivity contribution in [3.8, 4) is 11.1 Å². The predicted molar refractivity (Wildman–Crippen MR) is 73.8 cm³/mol. The molecule has 2 aromatic carbocycles. The first-order valence-corrected chi connectivity index (χ1v) is 5.86. The van der Waals surface area contributed by atoms with Gasteiger partial charge in [0.1, 0.15) is 0 Å². The molecule has 0 aromatic heterocycles.